The fourth-order valence-electron chi connectivity index (χ4n) is 4.86. The summed E-state index contributed by atoms with van der Waals surface area (Å²) in [6.07, 6.45) is 0.674. The molecule has 0 aliphatic carbocycles. The summed E-state index contributed by atoms with van der Waals surface area (Å²) in [5.74, 6) is -0.560. The van der Waals surface area contributed by atoms with Crippen LogP contribution in [0, 0.1) is 5.92 Å². The van der Waals surface area contributed by atoms with E-state index in [1.807, 2.05) is 0 Å². The number of benzene rings is 1. The van der Waals surface area contributed by atoms with Gasteiger partial charge in [-0.2, -0.15) is 13.2 Å². The third-order valence-electron chi connectivity index (χ3n) is 6.92. The second-order valence-electron chi connectivity index (χ2n) is 9.57. The SMILES string of the molecule is O=C(N[C@@H](CCN1CC[C@H](CCc2ccc3c(n2)NCCC3)C1)C(=O)O)c1cccc(C(F)(F)F)c1. The summed E-state index contributed by atoms with van der Waals surface area (Å²) in [7, 11) is 0. The minimum absolute atomic E-state index is 0.171. The zero-order valence-corrected chi connectivity index (χ0v) is 20.0. The van der Waals surface area contributed by atoms with Crippen molar-refractivity contribution >= 4 is 17.7 Å². The van der Waals surface area contributed by atoms with Crippen molar-refractivity contribution in [2.45, 2.75) is 50.7 Å². The molecule has 3 N–H and O–H groups in total. The van der Waals surface area contributed by atoms with Crippen LogP contribution < -0.4 is 10.6 Å². The van der Waals surface area contributed by atoms with E-state index in [1.54, 1.807) is 0 Å². The number of anilines is 1. The number of alkyl halides is 3. The van der Waals surface area contributed by atoms with E-state index >= 15 is 0 Å². The van der Waals surface area contributed by atoms with Crippen LogP contribution in [0.2, 0.25) is 0 Å². The second-order valence-corrected chi connectivity index (χ2v) is 9.57. The van der Waals surface area contributed by atoms with Crippen LogP contribution in [0.15, 0.2) is 36.4 Å². The Hall–Kier alpha value is -3.14. The number of pyridine rings is 1. The topological polar surface area (TPSA) is 94.6 Å². The first-order chi connectivity index (χ1) is 17.2. The molecule has 1 amide bonds. The quantitative estimate of drug-likeness (QED) is 0.478. The molecular weight excluding hydrogens is 473 g/mol. The van der Waals surface area contributed by atoms with Crippen LogP contribution in [0.4, 0.5) is 19.0 Å². The molecule has 0 bridgehead atoms. The van der Waals surface area contributed by atoms with E-state index in [4.69, 9.17) is 4.98 Å². The maximum atomic E-state index is 12.9. The number of nitrogens with one attached hydrogen (secondary N) is 2. The number of aryl methyl sites for hydroxylation is 2. The minimum atomic E-state index is -4.58. The summed E-state index contributed by atoms with van der Waals surface area (Å²) in [4.78, 5) is 31.1. The van der Waals surface area contributed by atoms with Gasteiger partial charge in [-0.25, -0.2) is 9.78 Å². The number of hydrogen-bond acceptors (Lipinski definition) is 5. The smallest absolute Gasteiger partial charge is 0.416 e. The molecule has 1 saturated heterocycles. The monoisotopic (exact) mass is 504 g/mol. The lowest BCUT2D eigenvalue weighted by molar-refractivity contribution is -0.139. The van der Waals surface area contributed by atoms with Gasteiger partial charge < -0.3 is 20.6 Å². The van der Waals surface area contributed by atoms with Crippen molar-refractivity contribution in [2.75, 3.05) is 31.5 Å². The number of carboxylic acids is 1. The van der Waals surface area contributed by atoms with Crippen LogP contribution in [0.5, 0.6) is 0 Å². The highest BCUT2D eigenvalue weighted by Crippen LogP contribution is 2.29. The molecule has 4 rings (SSSR count). The number of fused-ring (bicyclic) bond motifs is 1. The highest BCUT2D eigenvalue weighted by atomic mass is 19.4. The van der Waals surface area contributed by atoms with Crippen LogP contribution >= 0.6 is 0 Å². The van der Waals surface area contributed by atoms with E-state index in [1.165, 1.54) is 11.6 Å². The minimum Gasteiger partial charge on any atom is -0.480 e. The van der Waals surface area contributed by atoms with Crippen LogP contribution in [0.25, 0.3) is 0 Å². The van der Waals surface area contributed by atoms with Gasteiger partial charge in [-0.05, 0) is 80.8 Å². The molecule has 36 heavy (non-hydrogen) atoms. The lowest BCUT2D eigenvalue weighted by Gasteiger charge is -2.20. The van der Waals surface area contributed by atoms with Gasteiger partial charge >= 0.3 is 12.1 Å². The number of likely N-dealkylation sites (tertiary alicyclic amines) is 1. The van der Waals surface area contributed by atoms with Gasteiger partial charge in [-0.1, -0.05) is 12.1 Å². The van der Waals surface area contributed by atoms with E-state index in [-0.39, 0.29) is 12.0 Å². The van der Waals surface area contributed by atoms with Crippen molar-refractivity contribution < 1.29 is 27.9 Å². The third kappa shape index (κ3) is 6.75. The van der Waals surface area contributed by atoms with E-state index in [9.17, 15) is 27.9 Å². The van der Waals surface area contributed by atoms with Crippen LogP contribution in [0.3, 0.4) is 0 Å². The number of aromatic nitrogens is 1. The van der Waals surface area contributed by atoms with Crippen LogP contribution in [-0.2, 0) is 23.8 Å². The second kappa shape index (κ2) is 11.3. The highest BCUT2D eigenvalue weighted by molar-refractivity contribution is 5.96. The standard InChI is InChI=1S/C26H31F3N4O3/c27-26(28,29)20-5-1-3-19(15-20)24(34)32-22(25(35)36)11-14-33-13-10-17(16-33)6-8-21-9-7-18-4-2-12-30-23(18)31-21/h1,3,5,7,9,15,17,22H,2,4,6,8,10-14,16H2,(H,30,31)(H,32,34)(H,35,36)/t17-,22-/m0/s1. The van der Waals surface area contributed by atoms with Gasteiger partial charge in [0.15, 0.2) is 0 Å². The number of hydrogen-bond donors (Lipinski definition) is 3. The van der Waals surface area contributed by atoms with E-state index in [0.717, 1.165) is 81.4 Å². The lowest BCUT2D eigenvalue weighted by Crippen LogP contribution is -2.43. The lowest BCUT2D eigenvalue weighted by atomic mass is 10.00. The van der Waals surface area contributed by atoms with Crippen LogP contribution in [0.1, 0.15) is 52.9 Å². The molecule has 0 spiro atoms. The predicted molar refractivity (Wildman–Crippen MR) is 129 cm³/mol. The van der Waals surface area contributed by atoms with Crippen molar-refractivity contribution in [2.24, 2.45) is 5.92 Å². The molecule has 0 saturated carbocycles. The molecule has 1 fully saturated rings. The number of aliphatic carboxylic acids is 1. The first-order valence-corrected chi connectivity index (χ1v) is 12.3. The van der Waals surface area contributed by atoms with Crippen molar-refractivity contribution in [1.29, 1.82) is 0 Å². The molecule has 194 valence electrons. The van der Waals surface area contributed by atoms with Crippen molar-refractivity contribution in [3.05, 3.63) is 58.8 Å². The first kappa shape index (κ1) is 25.9. The maximum absolute atomic E-state index is 12.9. The van der Waals surface area contributed by atoms with Crippen molar-refractivity contribution in [3.63, 3.8) is 0 Å². The first-order valence-electron chi connectivity index (χ1n) is 12.3. The molecule has 1 aromatic carbocycles. The van der Waals surface area contributed by atoms with E-state index in [0.29, 0.717) is 12.5 Å². The Balaban J connectivity index is 1.24. The number of carboxylic acid groups (broad SMARTS) is 1. The summed E-state index contributed by atoms with van der Waals surface area (Å²) in [6.45, 7) is 3.13. The number of halogens is 3. The van der Waals surface area contributed by atoms with E-state index < -0.39 is 29.7 Å². The molecule has 2 atom stereocenters. The fourth-order valence-corrected chi connectivity index (χ4v) is 4.86. The largest absolute Gasteiger partial charge is 0.480 e. The molecule has 7 nitrogen and oxygen atoms in total. The molecule has 0 radical (unpaired) electrons. The molecule has 3 heterocycles. The Morgan fingerprint density at radius 1 is 1.25 bits per heavy atom. The third-order valence-corrected chi connectivity index (χ3v) is 6.92. The van der Waals surface area contributed by atoms with Crippen molar-refractivity contribution in [1.82, 2.24) is 15.2 Å². The predicted octanol–water partition coefficient (Wildman–Crippen LogP) is 3.99. The molecule has 2 aliphatic heterocycles. The molecule has 1 aromatic heterocycles. The molecule has 0 unspecified atom stereocenters. The summed E-state index contributed by atoms with van der Waals surface area (Å²) < 4.78 is 38.8. The Labute approximate surface area is 208 Å². The maximum Gasteiger partial charge on any atom is 0.416 e. The summed E-state index contributed by atoms with van der Waals surface area (Å²) >= 11 is 0. The van der Waals surface area contributed by atoms with Gasteiger partial charge in [0.25, 0.3) is 5.91 Å². The van der Waals surface area contributed by atoms with Gasteiger partial charge in [0.05, 0.1) is 5.56 Å². The molecular formula is C26H31F3N4O3. The number of amides is 1. The summed E-state index contributed by atoms with van der Waals surface area (Å²) in [5, 5.41) is 15.3. The van der Waals surface area contributed by atoms with Gasteiger partial charge in [-0.3, -0.25) is 4.79 Å². The summed E-state index contributed by atoms with van der Waals surface area (Å²) in [5.41, 5.74) is 1.17. The summed E-state index contributed by atoms with van der Waals surface area (Å²) in [6, 6.07) is 7.04. The van der Waals surface area contributed by atoms with Gasteiger partial charge in [0.1, 0.15) is 11.9 Å². The average Bonchev–Trinajstić information content (AvgIpc) is 3.32. The Morgan fingerprint density at radius 3 is 2.86 bits per heavy atom. The molecule has 10 heteroatoms. The van der Waals surface area contributed by atoms with Gasteiger partial charge in [-0.15, -0.1) is 0 Å². The van der Waals surface area contributed by atoms with Crippen LogP contribution in [-0.4, -0.2) is 59.1 Å². The number of carbonyl (C=O) groups is 2. The Kier molecular flexibility index (Phi) is 8.13. The molecule has 2 aromatic rings. The Bertz CT molecular complexity index is 1090. The highest BCUT2D eigenvalue weighted by Gasteiger charge is 2.31. The normalized spacial score (nSPS) is 18.8. The Morgan fingerprint density at radius 2 is 2.08 bits per heavy atom. The van der Waals surface area contributed by atoms with Gasteiger partial charge in [0.2, 0.25) is 0 Å². The number of nitrogens with zero attached hydrogens (tertiary/aromatic N) is 2. The average molecular weight is 505 g/mol. The molecule has 2 aliphatic rings. The van der Waals surface area contributed by atoms with Gasteiger partial charge in [0, 0.05) is 30.9 Å². The number of carbonyl (C=O) groups excluding carboxylic acids is 1. The van der Waals surface area contributed by atoms with Crippen molar-refractivity contribution in [3.8, 4) is 0 Å². The zero-order chi connectivity index (χ0) is 25.7. The zero-order valence-electron chi connectivity index (χ0n) is 20.0. The number of rotatable bonds is 9. The fraction of sp³-hybridized carbons (Fsp3) is 0.500. The van der Waals surface area contributed by atoms with E-state index in [2.05, 4.69) is 27.7 Å².